The summed E-state index contributed by atoms with van der Waals surface area (Å²) in [7, 11) is 1.74. The summed E-state index contributed by atoms with van der Waals surface area (Å²) in [6.45, 7) is 5.96. The highest BCUT2D eigenvalue weighted by Gasteiger charge is 2.31. The van der Waals surface area contributed by atoms with E-state index in [4.69, 9.17) is 4.74 Å². The normalized spacial score (nSPS) is 24.7. The number of likely N-dealkylation sites (tertiary alicyclic amines) is 1. The van der Waals surface area contributed by atoms with Crippen molar-refractivity contribution in [1.29, 1.82) is 0 Å². The van der Waals surface area contributed by atoms with Crippen LogP contribution in [0.15, 0.2) is 12.1 Å². The van der Waals surface area contributed by atoms with E-state index < -0.39 is 0 Å². The third-order valence-corrected chi connectivity index (χ3v) is 3.74. The van der Waals surface area contributed by atoms with E-state index in [0.717, 1.165) is 30.9 Å². The molecule has 0 spiro atoms. The van der Waals surface area contributed by atoms with Crippen LogP contribution in [-0.2, 0) is 11.3 Å². The van der Waals surface area contributed by atoms with Gasteiger partial charge in [-0.25, -0.2) is 0 Å². The molecule has 100 valence electrons. The molecule has 1 aromatic rings. The minimum absolute atomic E-state index is 0.193. The van der Waals surface area contributed by atoms with Gasteiger partial charge in [0.1, 0.15) is 0 Å². The monoisotopic (exact) mass is 250 g/mol. The molecule has 0 unspecified atom stereocenters. The number of aliphatic hydroxyl groups excluding tert-OH is 1. The molecular formula is C14H22N2O2. The Balaban J connectivity index is 2.08. The van der Waals surface area contributed by atoms with Gasteiger partial charge in [0.25, 0.3) is 0 Å². The maximum atomic E-state index is 9.43. The third-order valence-electron chi connectivity index (χ3n) is 3.74. The Morgan fingerprint density at radius 1 is 1.44 bits per heavy atom. The summed E-state index contributed by atoms with van der Waals surface area (Å²) in [6, 6.07) is 4.38. The molecule has 0 amide bonds. The molecule has 0 aromatic carbocycles. The van der Waals surface area contributed by atoms with Gasteiger partial charge in [-0.15, -0.1) is 0 Å². The third kappa shape index (κ3) is 2.88. The Morgan fingerprint density at radius 2 is 2.22 bits per heavy atom. The zero-order chi connectivity index (χ0) is 13.1. The van der Waals surface area contributed by atoms with Gasteiger partial charge in [-0.3, -0.25) is 9.88 Å². The first-order valence-corrected chi connectivity index (χ1v) is 6.45. The Bertz CT molecular complexity index is 409. The van der Waals surface area contributed by atoms with Crippen LogP contribution in [-0.4, -0.2) is 47.4 Å². The number of hydrogen-bond acceptors (Lipinski definition) is 4. The SMILES string of the molecule is CO[C@@H]1C[C@@H](CO)N(Cc2ccc(C)nc2C)C1. The molecule has 2 atom stereocenters. The summed E-state index contributed by atoms with van der Waals surface area (Å²) in [5.74, 6) is 0. The standard InChI is InChI=1S/C14H22N2O2/c1-10-4-5-12(11(2)15-10)7-16-8-14(18-3)6-13(16)9-17/h4-5,13-14,17H,6-9H2,1-3H3/t13-,14+/m0/s1. The van der Waals surface area contributed by atoms with Crippen molar-refractivity contribution in [1.82, 2.24) is 9.88 Å². The summed E-state index contributed by atoms with van der Waals surface area (Å²) in [5.41, 5.74) is 3.36. The lowest BCUT2D eigenvalue weighted by Gasteiger charge is -2.23. The van der Waals surface area contributed by atoms with E-state index in [1.165, 1.54) is 5.56 Å². The Morgan fingerprint density at radius 3 is 2.83 bits per heavy atom. The van der Waals surface area contributed by atoms with Crippen LogP contribution in [0.1, 0.15) is 23.4 Å². The van der Waals surface area contributed by atoms with Crippen molar-refractivity contribution in [2.75, 3.05) is 20.3 Å². The second-order valence-corrected chi connectivity index (χ2v) is 5.06. The molecule has 0 radical (unpaired) electrons. The predicted molar refractivity (Wildman–Crippen MR) is 70.4 cm³/mol. The molecule has 1 N–H and O–H groups in total. The maximum Gasteiger partial charge on any atom is 0.0714 e. The predicted octanol–water partition coefficient (Wildman–Crippen LogP) is 1.28. The summed E-state index contributed by atoms with van der Waals surface area (Å²) >= 11 is 0. The molecular weight excluding hydrogens is 228 g/mol. The summed E-state index contributed by atoms with van der Waals surface area (Å²) in [5, 5.41) is 9.43. The molecule has 2 rings (SSSR count). The van der Waals surface area contributed by atoms with Crippen LogP contribution in [0.5, 0.6) is 0 Å². The van der Waals surface area contributed by atoms with Crippen LogP contribution in [0, 0.1) is 13.8 Å². The molecule has 1 aliphatic rings. The Hall–Kier alpha value is -0.970. The number of methoxy groups -OCH3 is 1. The molecule has 0 saturated carbocycles. The lowest BCUT2D eigenvalue weighted by Crippen LogP contribution is -2.32. The van der Waals surface area contributed by atoms with E-state index >= 15 is 0 Å². The van der Waals surface area contributed by atoms with Gasteiger partial charge in [-0.2, -0.15) is 0 Å². The van der Waals surface area contributed by atoms with Crippen LogP contribution in [0.3, 0.4) is 0 Å². The number of rotatable bonds is 4. The van der Waals surface area contributed by atoms with Crippen LogP contribution < -0.4 is 0 Å². The van der Waals surface area contributed by atoms with Crippen LogP contribution in [0.4, 0.5) is 0 Å². The van der Waals surface area contributed by atoms with Crippen molar-refractivity contribution in [2.24, 2.45) is 0 Å². The van der Waals surface area contributed by atoms with Crippen molar-refractivity contribution in [3.05, 3.63) is 29.1 Å². The summed E-state index contributed by atoms with van der Waals surface area (Å²) < 4.78 is 5.39. The smallest absolute Gasteiger partial charge is 0.0714 e. The fourth-order valence-electron chi connectivity index (χ4n) is 2.59. The van der Waals surface area contributed by atoms with Gasteiger partial charge in [0.2, 0.25) is 0 Å². The average Bonchev–Trinajstić information content (AvgIpc) is 2.75. The fourth-order valence-corrected chi connectivity index (χ4v) is 2.59. The number of aromatic nitrogens is 1. The molecule has 18 heavy (non-hydrogen) atoms. The number of aryl methyl sites for hydroxylation is 2. The van der Waals surface area contributed by atoms with Crippen LogP contribution in [0.2, 0.25) is 0 Å². The molecule has 2 heterocycles. The van der Waals surface area contributed by atoms with E-state index in [2.05, 4.69) is 16.0 Å². The molecule has 0 bridgehead atoms. The minimum Gasteiger partial charge on any atom is -0.395 e. The number of pyridine rings is 1. The molecule has 0 aliphatic carbocycles. The van der Waals surface area contributed by atoms with Crippen LogP contribution in [0.25, 0.3) is 0 Å². The second-order valence-electron chi connectivity index (χ2n) is 5.06. The van der Waals surface area contributed by atoms with Crippen molar-refractivity contribution in [2.45, 2.75) is 39.0 Å². The van der Waals surface area contributed by atoms with E-state index in [-0.39, 0.29) is 18.8 Å². The number of ether oxygens (including phenoxy) is 1. The average molecular weight is 250 g/mol. The summed E-state index contributed by atoms with van der Waals surface area (Å²) in [6.07, 6.45) is 1.14. The first-order valence-electron chi connectivity index (χ1n) is 6.45. The Kier molecular flexibility index (Phi) is 4.32. The minimum atomic E-state index is 0.193. The molecule has 1 aliphatic heterocycles. The van der Waals surface area contributed by atoms with E-state index in [0.29, 0.717) is 0 Å². The van der Waals surface area contributed by atoms with Gasteiger partial charge in [-0.1, -0.05) is 6.07 Å². The number of hydrogen-bond donors (Lipinski definition) is 1. The lowest BCUT2D eigenvalue weighted by molar-refractivity contribution is 0.107. The van der Waals surface area contributed by atoms with Crippen LogP contribution >= 0.6 is 0 Å². The highest BCUT2D eigenvalue weighted by atomic mass is 16.5. The largest absolute Gasteiger partial charge is 0.395 e. The Labute approximate surface area is 109 Å². The highest BCUT2D eigenvalue weighted by molar-refractivity contribution is 5.21. The topological polar surface area (TPSA) is 45.6 Å². The van der Waals surface area contributed by atoms with E-state index in [1.54, 1.807) is 7.11 Å². The van der Waals surface area contributed by atoms with E-state index in [1.807, 2.05) is 19.9 Å². The molecule has 1 saturated heterocycles. The van der Waals surface area contributed by atoms with Crippen molar-refractivity contribution in [3.8, 4) is 0 Å². The quantitative estimate of drug-likeness (QED) is 0.874. The van der Waals surface area contributed by atoms with E-state index in [9.17, 15) is 5.11 Å². The van der Waals surface area contributed by atoms with Gasteiger partial charge >= 0.3 is 0 Å². The highest BCUT2D eigenvalue weighted by Crippen LogP contribution is 2.22. The van der Waals surface area contributed by atoms with Gasteiger partial charge in [0.05, 0.1) is 12.7 Å². The molecule has 4 nitrogen and oxygen atoms in total. The first-order chi connectivity index (χ1) is 8.63. The number of aliphatic hydroxyl groups is 1. The molecule has 1 fully saturated rings. The van der Waals surface area contributed by atoms with Gasteiger partial charge in [-0.05, 0) is 31.9 Å². The lowest BCUT2D eigenvalue weighted by atomic mass is 10.1. The van der Waals surface area contributed by atoms with Crippen molar-refractivity contribution < 1.29 is 9.84 Å². The van der Waals surface area contributed by atoms with Crippen molar-refractivity contribution >= 4 is 0 Å². The number of nitrogens with zero attached hydrogens (tertiary/aromatic N) is 2. The van der Waals surface area contributed by atoms with Gasteiger partial charge in [0, 0.05) is 37.6 Å². The van der Waals surface area contributed by atoms with Gasteiger partial charge < -0.3 is 9.84 Å². The molecule has 1 aromatic heterocycles. The fraction of sp³-hybridized carbons (Fsp3) is 0.643. The van der Waals surface area contributed by atoms with Gasteiger partial charge in [0.15, 0.2) is 0 Å². The summed E-state index contributed by atoms with van der Waals surface area (Å²) in [4.78, 5) is 6.77. The second kappa shape index (κ2) is 5.78. The zero-order valence-electron chi connectivity index (χ0n) is 11.4. The maximum absolute atomic E-state index is 9.43. The first kappa shape index (κ1) is 13.5. The molecule has 4 heteroatoms. The van der Waals surface area contributed by atoms with Crippen molar-refractivity contribution in [3.63, 3.8) is 0 Å². The zero-order valence-corrected chi connectivity index (χ0v) is 11.4.